The van der Waals surface area contributed by atoms with E-state index in [-0.39, 0.29) is 5.91 Å². The van der Waals surface area contributed by atoms with Crippen molar-refractivity contribution in [3.63, 3.8) is 0 Å². The Labute approximate surface area is 202 Å². The molecule has 0 radical (unpaired) electrons. The number of amides is 1. The molecule has 0 bridgehead atoms. The Morgan fingerprint density at radius 2 is 2.18 bits per heavy atom. The first kappa shape index (κ1) is 25.8. The molecule has 1 aliphatic heterocycles. The fourth-order valence-corrected chi connectivity index (χ4v) is 4.37. The van der Waals surface area contributed by atoms with E-state index in [0.29, 0.717) is 36.2 Å². The zero-order chi connectivity index (χ0) is 24.7. The number of aromatic nitrogens is 4. The van der Waals surface area contributed by atoms with Crippen LogP contribution in [0.2, 0.25) is 0 Å². The minimum atomic E-state index is -2.82. The van der Waals surface area contributed by atoms with Crippen molar-refractivity contribution in [1.82, 2.24) is 29.1 Å². The quantitative estimate of drug-likeness (QED) is 0.388. The van der Waals surface area contributed by atoms with Crippen LogP contribution < -0.4 is 4.90 Å². The summed E-state index contributed by atoms with van der Waals surface area (Å²) in [5.41, 5.74) is 0.490. The number of hydrogen-bond acceptors (Lipinski definition) is 8. The molecule has 184 valence electrons. The van der Waals surface area contributed by atoms with Gasteiger partial charge in [0.1, 0.15) is 18.0 Å². The molecular weight excluding hydrogens is 462 g/mol. The minimum Gasteiger partial charge on any atom is -0.356 e. The van der Waals surface area contributed by atoms with Crippen molar-refractivity contribution in [3.05, 3.63) is 30.5 Å². The van der Waals surface area contributed by atoms with Gasteiger partial charge in [0, 0.05) is 32.0 Å². The predicted molar refractivity (Wildman–Crippen MR) is 131 cm³/mol. The normalized spacial score (nSPS) is 16.6. The molecule has 0 saturated carbocycles. The molecule has 1 amide bonds. The first-order valence-corrected chi connectivity index (χ1v) is 12.1. The molecule has 1 unspecified atom stereocenters. The van der Waals surface area contributed by atoms with Gasteiger partial charge in [-0.2, -0.15) is 0 Å². The highest BCUT2D eigenvalue weighted by atomic mass is 32.2. The van der Waals surface area contributed by atoms with E-state index < -0.39 is 12.1 Å². The molecule has 1 aliphatic rings. The van der Waals surface area contributed by atoms with Crippen molar-refractivity contribution in [2.24, 2.45) is 5.92 Å². The number of halogens is 2. The molecule has 0 spiro atoms. The number of aromatic amines is 1. The molecule has 0 aromatic carbocycles. The topological polar surface area (TPSA) is 105 Å². The largest absolute Gasteiger partial charge is 0.356 e. The van der Waals surface area contributed by atoms with Crippen LogP contribution in [-0.4, -0.2) is 93.7 Å². The molecule has 9 nitrogen and oxygen atoms in total. The van der Waals surface area contributed by atoms with Crippen LogP contribution in [0.25, 0.3) is 17.5 Å². The summed E-state index contributed by atoms with van der Waals surface area (Å²) < 4.78 is 26.8. The average molecular weight is 493 g/mol. The summed E-state index contributed by atoms with van der Waals surface area (Å²) in [7, 11) is 3.78. The lowest BCUT2D eigenvalue weighted by molar-refractivity contribution is -0.127. The summed E-state index contributed by atoms with van der Waals surface area (Å²) in [5, 5.41) is 7.20. The molecule has 3 heterocycles. The Kier molecular flexibility index (Phi) is 9.11. The summed E-state index contributed by atoms with van der Waals surface area (Å²) in [6.07, 6.45) is 6.58. The third-order valence-electron chi connectivity index (χ3n) is 5.40. The Bertz CT molecular complexity index is 1010. The Hall–Kier alpha value is -2.86. The summed E-state index contributed by atoms with van der Waals surface area (Å²) in [4.78, 5) is 32.5. The fraction of sp³-hybridized carbons (Fsp3) is 0.500. The van der Waals surface area contributed by atoms with Crippen LogP contribution in [-0.2, 0) is 4.79 Å². The number of anilines is 1. The van der Waals surface area contributed by atoms with Gasteiger partial charge in [0.25, 0.3) is 6.43 Å². The number of piperidine rings is 1. The summed E-state index contributed by atoms with van der Waals surface area (Å²) in [6.45, 7) is 2.73. The van der Waals surface area contributed by atoms with Crippen molar-refractivity contribution in [2.75, 3.05) is 51.4 Å². The molecule has 2 aromatic heterocycles. The van der Waals surface area contributed by atoms with Gasteiger partial charge in [0.05, 0.1) is 29.8 Å². The second kappa shape index (κ2) is 12.0. The molecular formula is C22H30F2N8OS. The van der Waals surface area contributed by atoms with Gasteiger partial charge in [-0.15, -0.1) is 0 Å². The van der Waals surface area contributed by atoms with Gasteiger partial charge in [-0.1, -0.05) is 11.9 Å². The second-order valence-electron chi connectivity index (χ2n) is 8.36. The zero-order valence-corrected chi connectivity index (χ0v) is 20.4. The van der Waals surface area contributed by atoms with Crippen molar-refractivity contribution in [1.29, 1.82) is 5.41 Å². The average Bonchev–Trinajstić information content (AvgIpc) is 3.30. The van der Waals surface area contributed by atoms with Crippen molar-refractivity contribution >= 4 is 35.5 Å². The predicted octanol–water partition coefficient (Wildman–Crippen LogP) is 3.05. The van der Waals surface area contributed by atoms with Crippen LogP contribution in [0, 0.1) is 11.3 Å². The van der Waals surface area contributed by atoms with Crippen LogP contribution in [0.5, 0.6) is 0 Å². The number of nitrogens with one attached hydrogen (secondary N) is 2. The van der Waals surface area contributed by atoms with Crippen LogP contribution >= 0.6 is 11.9 Å². The van der Waals surface area contributed by atoms with Gasteiger partial charge in [0.15, 0.2) is 0 Å². The van der Waals surface area contributed by atoms with Gasteiger partial charge in [0.2, 0.25) is 5.91 Å². The summed E-state index contributed by atoms with van der Waals surface area (Å²) >= 11 is 1.46. The summed E-state index contributed by atoms with van der Waals surface area (Å²) in [6, 6.07) is 1.87. The van der Waals surface area contributed by atoms with E-state index in [4.69, 9.17) is 5.41 Å². The second-order valence-corrected chi connectivity index (χ2v) is 9.17. The smallest absolute Gasteiger partial charge is 0.279 e. The lowest BCUT2D eigenvalue weighted by Gasteiger charge is -2.36. The molecule has 1 fully saturated rings. The number of imidazole rings is 1. The fourth-order valence-electron chi connectivity index (χ4n) is 3.74. The highest BCUT2D eigenvalue weighted by Gasteiger charge is 2.25. The Morgan fingerprint density at radius 1 is 1.38 bits per heavy atom. The minimum absolute atomic E-state index is 0.103. The lowest BCUT2D eigenvalue weighted by Crippen LogP contribution is -2.42. The third-order valence-corrected chi connectivity index (χ3v) is 6.19. The monoisotopic (exact) mass is 492 g/mol. The van der Waals surface area contributed by atoms with E-state index >= 15 is 0 Å². The number of nitrogens with zero attached hydrogens (tertiary/aromatic N) is 6. The Morgan fingerprint density at radius 3 is 2.88 bits per heavy atom. The molecule has 0 aliphatic carbocycles. The van der Waals surface area contributed by atoms with Gasteiger partial charge < -0.3 is 14.8 Å². The lowest BCUT2D eigenvalue weighted by atomic mass is 9.98. The number of likely N-dealkylation sites (N-methyl/N-ethyl adjacent to an activating group) is 1. The van der Waals surface area contributed by atoms with E-state index in [1.165, 1.54) is 24.4 Å². The number of carbonyl (C=O) groups is 1. The number of carbonyl (C=O) groups excluding carboxylic acids is 1. The van der Waals surface area contributed by atoms with Crippen molar-refractivity contribution in [2.45, 2.75) is 19.3 Å². The van der Waals surface area contributed by atoms with Gasteiger partial charge in [-0.05, 0) is 45.0 Å². The number of H-pyrrole nitrogens is 1. The number of allylic oxidation sites excluding steroid dienone is 1. The number of alkyl halides is 2. The third kappa shape index (κ3) is 7.07. The van der Waals surface area contributed by atoms with E-state index in [1.807, 2.05) is 35.6 Å². The van der Waals surface area contributed by atoms with Gasteiger partial charge in [-0.25, -0.2) is 23.7 Å². The highest BCUT2D eigenvalue weighted by molar-refractivity contribution is 7.96. The van der Waals surface area contributed by atoms with E-state index in [9.17, 15) is 13.6 Å². The van der Waals surface area contributed by atoms with Crippen LogP contribution in [0.4, 0.5) is 14.6 Å². The van der Waals surface area contributed by atoms with E-state index in [2.05, 4.69) is 24.8 Å². The highest BCUT2D eigenvalue weighted by Crippen LogP contribution is 2.26. The molecule has 1 saturated heterocycles. The van der Waals surface area contributed by atoms with Crippen LogP contribution in [0.1, 0.15) is 18.7 Å². The molecule has 3 rings (SSSR count). The molecule has 2 aromatic rings. The van der Waals surface area contributed by atoms with Gasteiger partial charge >= 0.3 is 0 Å². The van der Waals surface area contributed by atoms with E-state index in [0.717, 1.165) is 37.8 Å². The first-order valence-electron chi connectivity index (χ1n) is 10.9. The maximum atomic E-state index is 12.5. The maximum absolute atomic E-state index is 12.5. The number of rotatable bonds is 10. The summed E-state index contributed by atoms with van der Waals surface area (Å²) in [5.74, 6) is 1.58. The molecule has 12 heteroatoms. The first-order chi connectivity index (χ1) is 16.3. The SMILES string of the molecule is CSN(CC1CCCN(c2cc(-c3cnc(/C=C\C(=N)C(F)F)[nH]3)ncn2)C1)C(=O)CN(C)C. The van der Waals surface area contributed by atoms with Gasteiger partial charge in [-0.3, -0.25) is 14.5 Å². The Balaban J connectivity index is 1.67. The maximum Gasteiger partial charge on any atom is 0.279 e. The standard InChI is InChI=1S/C22H30F2N8OS/c1-30(2)13-21(33)32(34-3)12-15-5-4-8-31(11-15)20-9-17(27-14-28-20)18-10-26-19(29-18)7-6-16(25)22(23)24/h6-7,9-10,14-15,22,25H,4-5,8,11-13H2,1-3H3,(H,26,29)/b7-6-,25-16?. The van der Waals surface area contributed by atoms with Crippen molar-refractivity contribution < 1.29 is 13.6 Å². The van der Waals surface area contributed by atoms with Crippen LogP contribution in [0.15, 0.2) is 24.7 Å². The van der Waals surface area contributed by atoms with E-state index in [1.54, 1.807) is 6.20 Å². The zero-order valence-electron chi connectivity index (χ0n) is 19.5. The number of hydrogen-bond donors (Lipinski definition) is 2. The molecule has 1 atom stereocenters. The van der Waals surface area contributed by atoms with Crippen LogP contribution in [0.3, 0.4) is 0 Å². The van der Waals surface area contributed by atoms with Crippen molar-refractivity contribution in [3.8, 4) is 11.4 Å². The molecule has 34 heavy (non-hydrogen) atoms. The molecule has 2 N–H and O–H groups in total.